The second-order valence-electron chi connectivity index (χ2n) is 5.34. The van der Waals surface area contributed by atoms with Gasteiger partial charge in [0, 0.05) is 37.0 Å². The number of methoxy groups -OCH3 is 1. The first-order chi connectivity index (χ1) is 9.69. The van der Waals surface area contributed by atoms with Gasteiger partial charge in [0.1, 0.15) is 5.82 Å². The Labute approximate surface area is 118 Å². The molecule has 0 radical (unpaired) electrons. The predicted molar refractivity (Wildman–Crippen MR) is 78.1 cm³/mol. The van der Waals surface area contributed by atoms with E-state index < -0.39 is 0 Å². The van der Waals surface area contributed by atoms with E-state index >= 15 is 0 Å². The molecule has 1 aliphatic rings. The van der Waals surface area contributed by atoms with Gasteiger partial charge in [-0.1, -0.05) is 0 Å². The molecule has 3 rings (SSSR count). The van der Waals surface area contributed by atoms with Gasteiger partial charge in [0.15, 0.2) is 5.65 Å². The van der Waals surface area contributed by atoms with Gasteiger partial charge >= 0.3 is 0 Å². The number of anilines is 1. The number of hydrogen-bond donors (Lipinski definition) is 2. The summed E-state index contributed by atoms with van der Waals surface area (Å²) in [6.45, 7) is 6.69. The van der Waals surface area contributed by atoms with Crippen molar-refractivity contribution in [2.75, 3.05) is 25.5 Å². The number of aryl methyl sites for hydroxylation is 1. The van der Waals surface area contributed by atoms with Crippen LogP contribution in [0.25, 0.3) is 5.65 Å². The van der Waals surface area contributed by atoms with Gasteiger partial charge in [-0.3, -0.25) is 0 Å². The average Bonchev–Trinajstić information content (AvgIpc) is 3.04. The molecule has 2 aromatic rings. The molecule has 6 heteroatoms. The van der Waals surface area contributed by atoms with Crippen LogP contribution < -0.4 is 10.6 Å². The van der Waals surface area contributed by atoms with E-state index in [1.807, 2.05) is 17.5 Å². The normalized spacial score (nSPS) is 18.9. The van der Waals surface area contributed by atoms with Crippen molar-refractivity contribution < 1.29 is 4.74 Å². The first-order valence-corrected chi connectivity index (χ1v) is 7.01. The number of nitrogens with one attached hydrogen (secondary N) is 2. The summed E-state index contributed by atoms with van der Waals surface area (Å²) < 4.78 is 7.06. The average molecular weight is 275 g/mol. The van der Waals surface area contributed by atoms with E-state index in [1.54, 1.807) is 7.11 Å². The molecule has 0 aliphatic carbocycles. The highest BCUT2D eigenvalue weighted by Gasteiger charge is 2.18. The molecule has 1 aliphatic heterocycles. The lowest BCUT2D eigenvalue weighted by atomic mass is 10.2. The maximum Gasteiger partial charge on any atom is 0.157 e. The molecule has 1 fully saturated rings. The summed E-state index contributed by atoms with van der Waals surface area (Å²) in [4.78, 5) is 4.60. The first-order valence-electron chi connectivity index (χ1n) is 7.01. The fraction of sp³-hybridized carbons (Fsp3) is 0.571. The van der Waals surface area contributed by atoms with Crippen LogP contribution in [0.5, 0.6) is 0 Å². The zero-order chi connectivity index (χ0) is 14.1. The molecule has 2 aromatic heterocycles. The van der Waals surface area contributed by atoms with Crippen molar-refractivity contribution in [1.82, 2.24) is 19.9 Å². The van der Waals surface area contributed by atoms with Gasteiger partial charge in [-0.05, 0) is 26.8 Å². The molecule has 108 valence electrons. The third-order valence-corrected chi connectivity index (χ3v) is 3.83. The number of ether oxygens (including phenoxy) is 1. The van der Waals surface area contributed by atoms with Crippen molar-refractivity contribution >= 4 is 11.5 Å². The van der Waals surface area contributed by atoms with Crippen LogP contribution in [0.4, 0.5) is 5.82 Å². The Morgan fingerprint density at radius 2 is 2.35 bits per heavy atom. The molecule has 20 heavy (non-hydrogen) atoms. The summed E-state index contributed by atoms with van der Waals surface area (Å²) >= 11 is 0. The Kier molecular flexibility index (Phi) is 3.58. The molecule has 3 heterocycles. The van der Waals surface area contributed by atoms with Crippen LogP contribution in [0.2, 0.25) is 0 Å². The van der Waals surface area contributed by atoms with Crippen molar-refractivity contribution in [1.29, 1.82) is 0 Å². The summed E-state index contributed by atoms with van der Waals surface area (Å²) in [7, 11) is 1.68. The smallest absolute Gasteiger partial charge is 0.157 e. The topological polar surface area (TPSA) is 63.5 Å². The van der Waals surface area contributed by atoms with Crippen molar-refractivity contribution in [3.63, 3.8) is 0 Å². The third kappa shape index (κ3) is 2.36. The maximum atomic E-state index is 5.16. The highest BCUT2D eigenvalue weighted by molar-refractivity contribution is 5.56. The van der Waals surface area contributed by atoms with Crippen LogP contribution >= 0.6 is 0 Å². The zero-order valence-electron chi connectivity index (χ0n) is 12.2. The number of fused-ring (bicyclic) bond motifs is 1. The number of aromatic nitrogens is 3. The van der Waals surface area contributed by atoms with E-state index in [-0.39, 0.29) is 0 Å². The van der Waals surface area contributed by atoms with Gasteiger partial charge in [0.25, 0.3) is 0 Å². The molecule has 6 nitrogen and oxygen atoms in total. The Balaban J connectivity index is 2.04. The Hall–Kier alpha value is -1.66. The van der Waals surface area contributed by atoms with E-state index in [0.29, 0.717) is 12.6 Å². The van der Waals surface area contributed by atoms with Crippen LogP contribution in [-0.4, -0.2) is 40.8 Å². The van der Waals surface area contributed by atoms with E-state index in [0.717, 1.165) is 47.9 Å². The number of nitrogens with zero attached hydrogens (tertiary/aromatic N) is 3. The van der Waals surface area contributed by atoms with E-state index in [4.69, 9.17) is 4.74 Å². The summed E-state index contributed by atoms with van der Waals surface area (Å²) in [6, 6.07) is 2.43. The highest BCUT2D eigenvalue weighted by atomic mass is 16.5. The van der Waals surface area contributed by atoms with Crippen molar-refractivity contribution in [2.24, 2.45) is 0 Å². The standard InChI is InChI=1S/C14H21N5O/c1-9-10(2)16-13-6-12(8-20-3)18-19(13)14(9)17-11-4-5-15-7-11/h6,11,15,17H,4-5,7-8H2,1-3H3. The predicted octanol–water partition coefficient (Wildman–Crippen LogP) is 1.27. The van der Waals surface area contributed by atoms with E-state index in [9.17, 15) is 0 Å². The summed E-state index contributed by atoms with van der Waals surface area (Å²) in [5.41, 5.74) is 3.96. The third-order valence-electron chi connectivity index (χ3n) is 3.83. The minimum absolute atomic E-state index is 0.453. The molecule has 0 saturated carbocycles. The number of hydrogen-bond acceptors (Lipinski definition) is 5. The Bertz CT molecular complexity index is 616. The zero-order valence-corrected chi connectivity index (χ0v) is 12.2. The van der Waals surface area contributed by atoms with Crippen LogP contribution in [0.15, 0.2) is 6.07 Å². The monoisotopic (exact) mass is 275 g/mol. The van der Waals surface area contributed by atoms with Gasteiger partial charge in [0.2, 0.25) is 0 Å². The first kappa shape index (κ1) is 13.3. The van der Waals surface area contributed by atoms with Gasteiger partial charge < -0.3 is 15.4 Å². The maximum absolute atomic E-state index is 5.16. The molecule has 2 N–H and O–H groups in total. The van der Waals surface area contributed by atoms with Crippen molar-refractivity contribution in [3.05, 3.63) is 23.0 Å². The fourth-order valence-electron chi connectivity index (χ4n) is 2.61. The molecular weight excluding hydrogens is 254 g/mol. The van der Waals surface area contributed by atoms with Crippen molar-refractivity contribution in [2.45, 2.75) is 32.9 Å². The lowest BCUT2D eigenvalue weighted by Gasteiger charge is -2.17. The largest absolute Gasteiger partial charge is 0.378 e. The Morgan fingerprint density at radius 1 is 1.50 bits per heavy atom. The molecule has 1 unspecified atom stereocenters. The Morgan fingerprint density at radius 3 is 3.05 bits per heavy atom. The van der Waals surface area contributed by atoms with Crippen molar-refractivity contribution in [3.8, 4) is 0 Å². The fourth-order valence-corrected chi connectivity index (χ4v) is 2.61. The summed E-state index contributed by atoms with van der Waals surface area (Å²) in [6.07, 6.45) is 1.13. The molecule has 0 spiro atoms. The van der Waals surface area contributed by atoms with E-state index in [1.165, 1.54) is 0 Å². The lowest BCUT2D eigenvalue weighted by Crippen LogP contribution is -2.24. The second-order valence-corrected chi connectivity index (χ2v) is 5.34. The van der Waals surface area contributed by atoms with Gasteiger partial charge in [0.05, 0.1) is 12.3 Å². The van der Waals surface area contributed by atoms with Gasteiger partial charge in [-0.2, -0.15) is 9.61 Å². The van der Waals surface area contributed by atoms with Crippen LogP contribution in [-0.2, 0) is 11.3 Å². The molecule has 1 saturated heterocycles. The second kappa shape index (κ2) is 5.38. The minimum atomic E-state index is 0.453. The quantitative estimate of drug-likeness (QED) is 0.879. The molecule has 0 bridgehead atoms. The highest BCUT2D eigenvalue weighted by Crippen LogP contribution is 2.21. The molecule has 0 amide bonds. The number of rotatable bonds is 4. The van der Waals surface area contributed by atoms with Crippen LogP contribution in [0, 0.1) is 13.8 Å². The minimum Gasteiger partial charge on any atom is -0.378 e. The SMILES string of the molecule is COCc1cc2nc(C)c(C)c(NC3CCNC3)n2n1. The molecule has 0 aromatic carbocycles. The van der Waals surface area contributed by atoms with E-state index in [2.05, 4.69) is 27.6 Å². The molecular formula is C14H21N5O. The van der Waals surface area contributed by atoms with Gasteiger partial charge in [-0.15, -0.1) is 0 Å². The van der Waals surface area contributed by atoms with Gasteiger partial charge in [-0.25, -0.2) is 4.98 Å². The van der Waals surface area contributed by atoms with Crippen LogP contribution in [0.3, 0.4) is 0 Å². The van der Waals surface area contributed by atoms with Crippen LogP contribution in [0.1, 0.15) is 23.4 Å². The lowest BCUT2D eigenvalue weighted by molar-refractivity contribution is 0.181. The summed E-state index contributed by atoms with van der Waals surface area (Å²) in [5, 5.41) is 11.6. The summed E-state index contributed by atoms with van der Waals surface area (Å²) in [5.74, 6) is 1.04. The molecule has 1 atom stereocenters.